The molecule has 0 aliphatic heterocycles. The van der Waals surface area contributed by atoms with Crippen molar-refractivity contribution < 1.29 is 10.2 Å². The lowest BCUT2D eigenvalue weighted by atomic mass is 9.88. The third-order valence-corrected chi connectivity index (χ3v) is 4.79. The SMILES string of the molecule is CC/C(=C(\c1ccccc1)c1ccc(OCCN(C)C)cc1)c1ccccc1.O. The maximum Gasteiger partial charge on any atom is 0.119 e. The van der Waals surface area contributed by atoms with Crippen molar-refractivity contribution in [2.24, 2.45) is 0 Å². The highest BCUT2D eigenvalue weighted by molar-refractivity contribution is 5.98. The molecule has 0 saturated heterocycles. The summed E-state index contributed by atoms with van der Waals surface area (Å²) in [5, 5.41) is 0. The predicted octanol–water partition coefficient (Wildman–Crippen LogP) is 5.17. The van der Waals surface area contributed by atoms with Crippen LogP contribution >= 0.6 is 0 Å². The van der Waals surface area contributed by atoms with E-state index in [-0.39, 0.29) is 5.48 Å². The first kappa shape index (κ1) is 22.4. The topological polar surface area (TPSA) is 44.0 Å². The third kappa shape index (κ3) is 6.05. The van der Waals surface area contributed by atoms with Crippen molar-refractivity contribution in [1.82, 2.24) is 4.90 Å². The average Bonchev–Trinajstić information content (AvgIpc) is 2.73. The van der Waals surface area contributed by atoms with Gasteiger partial charge < -0.3 is 15.1 Å². The summed E-state index contributed by atoms with van der Waals surface area (Å²) in [6, 6.07) is 29.8. The summed E-state index contributed by atoms with van der Waals surface area (Å²) in [7, 11) is 4.11. The number of hydrogen-bond acceptors (Lipinski definition) is 2. The van der Waals surface area contributed by atoms with Crippen LogP contribution in [0.2, 0.25) is 0 Å². The monoisotopic (exact) mass is 389 g/mol. The fourth-order valence-corrected chi connectivity index (χ4v) is 3.35. The lowest BCUT2D eigenvalue weighted by Gasteiger charge is -2.17. The summed E-state index contributed by atoms with van der Waals surface area (Å²) in [6.45, 7) is 3.83. The normalized spacial score (nSPS) is 11.6. The van der Waals surface area contributed by atoms with Crippen LogP contribution in [0.15, 0.2) is 84.9 Å². The Balaban J connectivity index is 0.00000300. The van der Waals surface area contributed by atoms with E-state index in [2.05, 4.69) is 111 Å². The molecule has 3 aromatic carbocycles. The standard InChI is InChI=1S/C26H29NO.H2O/c1-4-25(21-11-7-5-8-12-21)26(22-13-9-6-10-14-22)23-15-17-24(18-16-23)28-20-19-27(2)3;/h5-18H,4,19-20H2,1-3H3;1H2/b26-25-;. The van der Waals surface area contributed by atoms with E-state index in [1.165, 1.54) is 27.8 Å². The molecule has 3 aromatic rings. The molecule has 3 rings (SSSR count). The van der Waals surface area contributed by atoms with E-state index < -0.39 is 0 Å². The van der Waals surface area contributed by atoms with Gasteiger partial charge in [-0.2, -0.15) is 0 Å². The Morgan fingerprint density at radius 1 is 0.724 bits per heavy atom. The minimum absolute atomic E-state index is 0. The highest BCUT2D eigenvalue weighted by Crippen LogP contribution is 2.34. The van der Waals surface area contributed by atoms with Gasteiger partial charge in [-0.25, -0.2) is 0 Å². The van der Waals surface area contributed by atoms with E-state index in [1.54, 1.807) is 0 Å². The fraction of sp³-hybridized carbons (Fsp3) is 0.231. The molecule has 0 aliphatic carbocycles. The number of allylic oxidation sites excluding steroid dienone is 1. The Hall–Kier alpha value is -2.88. The van der Waals surface area contributed by atoms with Crippen LogP contribution < -0.4 is 4.74 Å². The number of ether oxygens (including phenoxy) is 1. The van der Waals surface area contributed by atoms with Crippen LogP contribution in [0, 0.1) is 0 Å². The molecule has 0 amide bonds. The van der Waals surface area contributed by atoms with Gasteiger partial charge in [0, 0.05) is 6.54 Å². The lowest BCUT2D eigenvalue weighted by molar-refractivity contribution is 0.261. The van der Waals surface area contributed by atoms with Crippen LogP contribution in [-0.4, -0.2) is 37.6 Å². The average molecular weight is 390 g/mol. The number of rotatable bonds is 8. The maximum absolute atomic E-state index is 5.87. The largest absolute Gasteiger partial charge is 0.492 e. The molecule has 0 saturated carbocycles. The molecule has 0 unspecified atom stereocenters. The highest BCUT2D eigenvalue weighted by atomic mass is 16.5. The van der Waals surface area contributed by atoms with E-state index in [4.69, 9.17) is 4.74 Å². The molecule has 3 nitrogen and oxygen atoms in total. The second-order valence-corrected chi connectivity index (χ2v) is 7.12. The van der Waals surface area contributed by atoms with Crippen molar-refractivity contribution in [3.63, 3.8) is 0 Å². The molecule has 0 fully saturated rings. The zero-order valence-corrected chi connectivity index (χ0v) is 17.6. The Morgan fingerprint density at radius 3 is 1.76 bits per heavy atom. The summed E-state index contributed by atoms with van der Waals surface area (Å²) in [4.78, 5) is 2.12. The van der Waals surface area contributed by atoms with Gasteiger partial charge in [0.25, 0.3) is 0 Å². The molecule has 0 atom stereocenters. The van der Waals surface area contributed by atoms with E-state index in [0.29, 0.717) is 6.61 Å². The molecule has 0 spiro atoms. The van der Waals surface area contributed by atoms with Crippen molar-refractivity contribution in [3.8, 4) is 5.75 Å². The molecule has 0 aliphatic rings. The van der Waals surface area contributed by atoms with Gasteiger partial charge in [-0.05, 0) is 60.5 Å². The minimum atomic E-state index is 0. The van der Waals surface area contributed by atoms with Crippen molar-refractivity contribution >= 4 is 11.1 Å². The van der Waals surface area contributed by atoms with Crippen LogP contribution in [-0.2, 0) is 0 Å². The second-order valence-electron chi connectivity index (χ2n) is 7.12. The van der Waals surface area contributed by atoms with Gasteiger partial charge in [0.2, 0.25) is 0 Å². The number of nitrogens with zero attached hydrogens (tertiary/aromatic N) is 1. The smallest absolute Gasteiger partial charge is 0.119 e. The van der Waals surface area contributed by atoms with Crippen molar-refractivity contribution in [1.29, 1.82) is 0 Å². The van der Waals surface area contributed by atoms with Crippen LogP contribution in [0.1, 0.15) is 30.0 Å². The lowest BCUT2D eigenvalue weighted by Crippen LogP contribution is -2.19. The molecule has 0 heterocycles. The number of likely N-dealkylation sites (N-methyl/N-ethyl adjacent to an activating group) is 1. The molecule has 0 aromatic heterocycles. The number of benzene rings is 3. The van der Waals surface area contributed by atoms with Crippen LogP contribution in [0.25, 0.3) is 11.1 Å². The van der Waals surface area contributed by atoms with Crippen LogP contribution in [0.3, 0.4) is 0 Å². The van der Waals surface area contributed by atoms with Gasteiger partial charge in [0.05, 0.1) is 0 Å². The van der Waals surface area contributed by atoms with E-state index >= 15 is 0 Å². The predicted molar refractivity (Wildman–Crippen MR) is 123 cm³/mol. The molecule has 152 valence electrons. The van der Waals surface area contributed by atoms with Gasteiger partial charge in [-0.15, -0.1) is 0 Å². The van der Waals surface area contributed by atoms with Gasteiger partial charge in [-0.3, -0.25) is 0 Å². The van der Waals surface area contributed by atoms with E-state index in [0.717, 1.165) is 18.7 Å². The summed E-state index contributed by atoms with van der Waals surface area (Å²) in [5.41, 5.74) is 6.37. The molecule has 29 heavy (non-hydrogen) atoms. The first-order valence-electron chi connectivity index (χ1n) is 9.91. The van der Waals surface area contributed by atoms with Gasteiger partial charge in [0.1, 0.15) is 12.4 Å². The summed E-state index contributed by atoms with van der Waals surface area (Å²) < 4.78 is 5.87. The van der Waals surface area contributed by atoms with Crippen LogP contribution in [0.5, 0.6) is 5.75 Å². The van der Waals surface area contributed by atoms with Gasteiger partial charge in [-0.1, -0.05) is 79.7 Å². The quantitative estimate of drug-likeness (QED) is 0.499. The van der Waals surface area contributed by atoms with Gasteiger partial charge in [0.15, 0.2) is 0 Å². The molecule has 2 N–H and O–H groups in total. The molecular formula is C26H31NO2. The summed E-state index contributed by atoms with van der Waals surface area (Å²) >= 11 is 0. The van der Waals surface area contributed by atoms with E-state index in [9.17, 15) is 0 Å². The number of hydrogen-bond donors (Lipinski definition) is 0. The highest BCUT2D eigenvalue weighted by Gasteiger charge is 2.12. The first-order valence-corrected chi connectivity index (χ1v) is 9.91. The Bertz CT molecular complexity index is 885. The summed E-state index contributed by atoms with van der Waals surface area (Å²) in [5.74, 6) is 0.913. The van der Waals surface area contributed by atoms with Crippen molar-refractivity contribution in [2.45, 2.75) is 13.3 Å². The molecular weight excluding hydrogens is 358 g/mol. The molecule has 0 radical (unpaired) electrons. The maximum atomic E-state index is 5.87. The van der Waals surface area contributed by atoms with Crippen molar-refractivity contribution in [2.75, 3.05) is 27.2 Å². The minimum Gasteiger partial charge on any atom is -0.492 e. The zero-order chi connectivity index (χ0) is 19.8. The Labute approximate surface area is 174 Å². The van der Waals surface area contributed by atoms with Crippen molar-refractivity contribution in [3.05, 3.63) is 102 Å². The zero-order valence-electron chi connectivity index (χ0n) is 17.6. The van der Waals surface area contributed by atoms with E-state index in [1.807, 2.05) is 0 Å². The Morgan fingerprint density at radius 2 is 1.24 bits per heavy atom. The summed E-state index contributed by atoms with van der Waals surface area (Å²) in [6.07, 6.45) is 0.968. The molecule has 0 bridgehead atoms. The third-order valence-electron chi connectivity index (χ3n) is 4.79. The first-order chi connectivity index (χ1) is 13.7. The molecule has 3 heteroatoms. The van der Waals surface area contributed by atoms with Crippen LogP contribution in [0.4, 0.5) is 0 Å². The fourth-order valence-electron chi connectivity index (χ4n) is 3.35. The Kier molecular flexibility index (Phi) is 8.66. The second kappa shape index (κ2) is 11.2. The van der Waals surface area contributed by atoms with Gasteiger partial charge >= 0.3 is 0 Å².